The minimum absolute atomic E-state index is 0.0381. The molecule has 19 heavy (non-hydrogen) atoms. The van der Waals surface area contributed by atoms with Crippen molar-refractivity contribution in [2.75, 3.05) is 0 Å². The number of carbonyl (C=O) groups excluding carboxylic acids is 2. The molecule has 1 amide bonds. The Labute approximate surface area is 114 Å². The largest absolute Gasteiger partial charge is 0.415 e. The number of ether oxygens (including phenoxy) is 1. The van der Waals surface area contributed by atoms with Gasteiger partial charge in [0, 0.05) is 12.1 Å². The number of hydrogen-bond donors (Lipinski definition) is 0. The van der Waals surface area contributed by atoms with Gasteiger partial charge in [0.15, 0.2) is 6.29 Å². The van der Waals surface area contributed by atoms with E-state index in [1.807, 2.05) is 40.7 Å². The smallest absolute Gasteiger partial charge is 0.409 e. The molecule has 1 aromatic rings. The highest BCUT2D eigenvalue weighted by molar-refractivity contribution is 5.83. The van der Waals surface area contributed by atoms with Crippen molar-refractivity contribution in [1.29, 1.82) is 0 Å². The van der Waals surface area contributed by atoms with Gasteiger partial charge < -0.3 is 9.64 Å². The SMILES string of the molecule is Cc1cccc(C=O)c1OC(=O)N(C(C)C)C(C)C. The van der Waals surface area contributed by atoms with E-state index in [1.54, 1.807) is 17.0 Å². The van der Waals surface area contributed by atoms with Gasteiger partial charge in [-0.1, -0.05) is 12.1 Å². The standard InChI is InChI=1S/C15H21NO3/c1-10(2)16(11(3)4)15(18)19-14-12(5)7-6-8-13(14)9-17/h6-11H,1-5H3. The second kappa shape index (κ2) is 6.36. The number of nitrogens with zero attached hydrogens (tertiary/aromatic N) is 1. The van der Waals surface area contributed by atoms with Crippen molar-refractivity contribution in [2.24, 2.45) is 0 Å². The Morgan fingerprint density at radius 2 is 1.79 bits per heavy atom. The van der Waals surface area contributed by atoms with E-state index in [0.29, 0.717) is 17.6 Å². The van der Waals surface area contributed by atoms with E-state index in [1.165, 1.54) is 0 Å². The Kier molecular flexibility index (Phi) is 5.10. The molecule has 0 aromatic heterocycles. The van der Waals surface area contributed by atoms with Gasteiger partial charge in [-0.15, -0.1) is 0 Å². The summed E-state index contributed by atoms with van der Waals surface area (Å²) in [4.78, 5) is 24.8. The van der Waals surface area contributed by atoms with Crippen LogP contribution in [0.3, 0.4) is 0 Å². The Morgan fingerprint density at radius 1 is 1.21 bits per heavy atom. The minimum atomic E-state index is -0.428. The fourth-order valence-electron chi connectivity index (χ4n) is 2.07. The molecule has 0 fully saturated rings. The molecule has 1 rings (SSSR count). The fourth-order valence-corrected chi connectivity index (χ4v) is 2.07. The number of benzene rings is 1. The molecule has 0 spiro atoms. The zero-order valence-electron chi connectivity index (χ0n) is 12.1. The van der Waals surface area contributed by atoms with Gasteiger partial charge in [-0.3, -0.25) is 4.79 Å². The number of aldehydes is 1. The summed E-state index contributed by atoms with van der Waals surface area (Å²) in [6.45, 7) is 9.53. The highest BCUT2D eigenvalue weighted by atomic mass is 16.6. The molecule has 4 nitrogen and oxygen atoms in total. The molecule has 0 aliphatic rings. The van der Waals surface area contributed by atoms with E-state index < -0.39 is 6.09 Å². The third kappa shape index (κ3) is 3.56. The van der Waals surface area contributed by atoms with Crippen LogP contribution in [0.5, 0.6) is 5.75 Å². The van der Waals surface area contributed by atoms with Gasteiger partial charge in [0.25, 0.3) is 0 Å². The van der Waals surface area contributed by atoms with E-state index in [4.69, 9.17) is 4.74 Å². The Bertz CT molecular complexity index is 458. The average Bonchev–Trinajstić information content (AvgIpc) is 2.30. The van der Waals surface area contributed by atoms with Crippen molar-refractivity contribution in [2.45, 2.75) is 46.7 Å². The molecular weight excluding hydrogens is 242 g/mol. The number of hydrogen-bond acceptors (Lipinski definition) is 3. The highest BCUT2D eigenvalue weighted by Crippen LogP contribution is 2.23. The van der Waals surface area contributed by atoms with Gasteiger partial charge in [0.05, 0.1) is 5.56 Å². The summed E-state index contributed by atoms with van der Waals surface area (Å²) in [7, 11) is 0. The van der Waals surface area contributed by atoms with Crippen LogP contribution < -0.4 is 4.74 Å². The van der Waals surface area contributed by atoms with Crippen molar-refractivity contribution in [1.82, 2.24) is 4.90 Å². The Hall–Kier alpha value is -1.84. The van der Waals surface area contributed by atoms with Crippen LogP contribution in [0.2, 0.25) is 0 Å². The number of carbonyl (C=O) groups is 2. The maximum atomic E-state index is 12.2. The summed E-state index contributed by atoms with van der Waals surface area (Å²) in [6, 6.07) is 5.29. The number of rotatable bonds is 4. The van der Waals surface area contributed by atoms with Crippen molar-refractivity contribution >= 4 is 12.4 Å². The second-order valence-electron chi connectivity index (χ2n) is 5.07. The van der Waals surface area contributed by atoms with E-state index in [2.05, 4.69) is 0 Å². The molecule has 0 saturated carbocycles. The van der Waals surface area contributed by atoms with Crippen molar-refractivity contribution in [3.63, 3.8) is 0 Å². The zero-order chi connectivity index (χ0) is 14.6. The zero-order valence-corrected chi connectivity index (χ0v) is 12.1. The lowest BCUT2D eigenvalue weighted by Gasteiger charge is -2.29. The van der Waals surface area contributed by atoms with Crippen LogP contribution in [0, 0.1) is 6.92 Å². The van der Waals surface area contributed by atoms with E-state index in [9.17, 15) is 9.59 Å². The van der Waals surface area contributed by atoms with Gasteiger partial charge in [-0.05, 0) is 46.2 Å². The molecule has 0 unspecified atom stereocenters. The topological polar surface area (TPSA) is 46.6 Å². The minimum Gasteiger partial charge on any atom is -0.409 e. The lowest BCUT2D eigenvalue weighted by molar-refractivity contribution is 0.111. The molecule has 1 aromatic carbocycles. The summed E-state index contributed by atoms with van der Waals surface area (Å²) in [5.74, 6) is 0.341. The monoisotopic (exact) mass is 263 g/mol. The van der Waals surface area contributed by atoms with Crippen molar-refractivity contribution in [3.05, 3.63) is 29.3 Å². The van der Waals surface area contributed by atoms with Gasteiger partial charge in [0.1, 0.15) is 5.75 Å². The lowest BCUT2D eigenvalue weighted by atomic mass is 10.1. The third-order valence-electron chi connectivity index (χ3n) is 2.88. The predicted octanol–water partition coefficient (Wildman–Crippen LogP) is 3.43. The molecule has 0 aliphatic heterocycles. The van der Waals surface area contributed by atoms with Crippen LogP contribution in [-0.4, -0.2) is 29.4 Å². The molecule has 0 radical (unpaired) electrons. The van der Waals surface area contributed by atoms with Crippen LogP contribution in [0.15, 0.2) is 18.2 Å². The number of aryl methyl sites for hydroxylation is 1. The van der Waals surface area contributed by atoms with Gasteiger partial charge in [-0.25, -0.2) is 4.79 Å². The summed E-state index contributed by atoms with van der Waals surface area (Å²) < 4.78 is 5.41. The third-order valence-corrected chi connectivity index (χ3v) is 2.88. The Balaban J connectivity index is 3.02. The molecular formula is C15H21NO3. The molecule has 0 saturated heterocycles. The van der Waals surface area contributed by atoms with Gasteiger partial charge in [-0.2, -0.15) is 0 Å². The maximum Gasteiger partial charge on any atom is 0.415 e. The second-order valence-corrected chi connectivity index (χ2v) is 5.07. The van der Waals surface area contributed by atoms with Crippen LogP contribution in [0.1, 0.15) is 43.6 Å². The van der Waals surface area contributed by atoms with Crippen LogP contribution in [0.4, 0.5) is 4.79 Å². The van der Waals surface area contributed by atoms with Gasteiger partial charge >= 0.3 is 6.09 Å². The van der Waals surface area contributed by atoms with E-state index >= 15 is 0 Å². The molecule has 104 valence electrons. The molecule has 0 atom stereocenters. The molecule has 0 N–H and O–H groups in total. The quantitative estimate of drug-likeness (QED) is 0.782. The molecule has 0 heterocycles. The van der Waals surface area contributed by atoms with Crippen LogP contribution >= 0.6 is 0 Å². The predicted molar refractivity (Wildman–Crippen MR) is 74.7 cm³/mol. The lowest BCUT2D eigenvalue weighted by Crippen LogP contribution is -2.43. The first-order chi connectivity index (χ1) is 8.88. The van der Waals surface area contributed by atoms with E-state index in [0.717, 1.165) is 5.56 Å². The normalized spacial score (nSPS) is 10.7. The molecule has 0 aliphatic carbocycles. The first-order valence-electron chi connectivity index (χ1n) is 6.43. The first kappa shape index (κ1) is 15.2. The molecule has 4 heteroatoms. The number of amides is 1. The summed E-state index contributed by atoms with van der Waals surface area (Å²) >= 11 is 0. The van der Waals surface area contributed by atoms with E-state index in [-0.39, 0.29) is 12.1 Å². The summed E-state index contributed by atoms with van der Waals surface area (Å²) in [5.41, 5.74) is 1.16. The van der Waals surface area contributed by atoms with Crippen LogP contribution in [-0.2, 0) is 0 Å². The Morgan fingerprint density at radius 3 is 2.26 bits per heavy atom. The van der Waals surface area contributed by atoms with Crippen LogP contribution in [0.25, 0.3) is 0 Å². The van der Waals surface area contributed by atoms with Crippen molar-refractivity contribution < 1.29 is 14.3 Å². The van der Waals surface area contributed by atoms with Gasteiger partial charge in [0.2, 0.25) is 0 Å². The average molecular weight is 263 g/mol. The highest BCUT2D eigenvalue weighted by Gasteiger charge is 2.23. The number of para-hydroxylation sites is 1. The summed E-state index contributed by atoms with van der Waals surface area (Å²) in [6.07, 6.45) is 0.271. The van der Waals surface area contributed by atoms with Crippen molar-refractivity contribution in [3.8, 4) is 5.75 Å². The maximum absolute atomic E-state index is 12.2. The first-order valence-corrected chi connectivity index (χ1v) is 6.43. The molecule has 0 bridgehead atoms. The summed E-state index contributed by atoms with van der Waals surface area (Å²) in [5, 5.41) is 0. The fraction of sp³-hybridized carbons (Fsp3) is 0.467.